The number of hydrogen-bond donors (Lipinski definition) is 1. The first kappa shape index (κ1) is 21.2. The summed E-state index contributed by atoms with van der Waals surface area (Å²) in [6, 6.07) is 13.5. The maximum atomic E-state index is 13.5. The molecule has 0 radical (unpaired) electrons. The van der Waals surface area contributed by atoms with E-state index in [0.717, 1.165) is 28.3 Å². The lowest BCUT2D eigenvalue weighted by Gasteiger charge is -2.26. The van der Waals surface area contributed by atoms with Crippen molar-refractivity contribution in [3.05, 3.63) is 75.7 Å². The molecule has 0 aliphatic carbocycles. The van der Waals surface area contributed by atoms with Gasteiger partial charge in [0.1, 0.15) is 11.3 Å². The van der Waals surface area contributed by atoms with Crippen LogP contribution in [0.15, 0.2) is 68.8 Å². The Hall–Kier alpha value is -3.06. The normalized spacial score (nSPS) is 16.4. The number of unbranched alkanes of at least 4 members (excludes halogenated alkanes) is 1. The minimum atomic E-state index is -0.697. The molecule has 1 aliphatic rings. The van der Waals surface area contributed by atoms with Gasteiger partial charge in [0.25, 0.3) is 5.91 Å². The van der Waals surface area contributed by atoms with Crippen molar-refractivity contribution in [2.24, 2.45) is 0 Å². The molecule has 7 heteroatoms. The zero-order valence-corrected chi connectivity index (χ0v) is 18.8. The van der Waals surface area contributed by atoms with E-state index in [-0.39, 0.29) is 11.3 Å². The third kappa shape index (κ3) is 3.85. The zero-order chi connectivity index (χ0) is 22.1. The molecule has 1 N–H and O–H groups in total. The van der Waals surface area contributed by atoms with Gasteiger partial charge in [0.15, 0.2) is 11.5 Å². The van der Waals surface area contributed by atoms with E-state index in [0.29, 0.717) is 17.9 Å². The number of aliphatic hydroxyl groups is 1. The maximum absolute atomic E-state index is 13.5. The van der Waals surface area contributed by atoms with E-state index < -0.39 is 23.5 Å². The molecule has 1 amide bonds. The fourth-order valence-electron chi connectivity index (χ4n) is 3.84. The number of rotatable bonds is 7. The van der Waals surface area contributed by atoms with Gasteiger partial charge < -0.3 is 19.2 Å². The molecule has 1 aliphatic heterocycles. The largest absolute Gasteiger partial charge is 0.503 e. The highest BCUT2D eigenvalue weighted by Gasteiger charge is 2.44. The summed E-state index contributed by atoms with van der Waals surface area (Å²) in [4.78, 5) is 27.9. The van der Waals surface area contributed by atoms with E-state index in [1.165, 1.54) is 0 Å². The van der Waals surface area contributed by atoms with E-state index in [2.05, 4.69) is 15.9 Å². The number of benzene rings is 2. The number of nitrogens with zero attached hydrogens (tertiary/aromatic N) is 1. The van der Waals surface area contributed by atoms with Crippen molar-refractivity contribution >= 4 is 38.6 Å². The molecule has 6 nitrogen and oxygen atoms in total. The van der Waals surface area contributed by atoms with Crippen LogP contribution in [-0.2, 0) is 4.79 Å². The highest BCUT2D eigenvalue weighted by Crippen LogP contribution is 2.40. The SMILES string of the molecule is CCCCN1C(=O)C(O)=C(C(=O)c2cc3cc(Br)ccc3o2)C1c1ccc(OC)cc1. The second-order valence-electron chi connectivity index (χ2n) is 7.41. The highest BCUT2D eigenvalue weighted by atomic mass is 79.9. The van der Waals surface area contributed by atoms with Crippen LogP contribution >= 0.6 is 15.9 Å². The first-order valence-corrected chi connectivity index (χ1v) is 10.9. The van der Waals surface area contributed by atoms with Gasteiger partial charge in [-0.3, -0.25) is 9.59 Å². The van der Waals surface area contributed by atoms with Crippen LogP contribution in [0.2, 0.25) is 0 Å². The van der Waals surface area contributed by atoms with E-state index in [1.807, 2.05) is 19.1 Å². The van der Waals surface area contributed by atoms with Gasteiger partial charge in [0, 0.05) is 16.4 Å². The minimum absolute atomic E-state index is 0.0318. The second kappa shape index (κ2) is 8.59. The van der Waals surface area contributed by atoms with Crippen molar-refractivity contribution in [3.8, 4) is 5.75 Å². The van der Waals surface area contributed by atoms with Crippen molar-refractivity contribution < 1.29 is 23.8 Å². The molecular formula is C24H22BrNO5. The Kier molecular flexibility index (Phi) is 5.87. The summed E-state index contributed by atoms with van der Waals surface area (Å²) in [5.41, 5.74) is 1.31. The van der Waals surface area contributed by atoms with Gasteiger partial charge in [-0.1, -0.05) is 41.4 Å². The average Bonchev–Trinajstić information content (AvgIpc) is 3.30. The lowest BCUT2D eigenvalue weighted by atomic mass is 9.95. The van der Waals surface area contributed by atoms with Gasteiger partial charge in [0.2, 0.25) is 5.78 Å². The van der Waals surface area contributed by atoms with Crippen LogP contribution in [-0.4, -0.2) is 35.4 Å². The number of halogens is 1. The lowest BCUT2D eigenvalue weighted by Crippen LogP contribution is -2.32. The summed E-state index contributed by atoms with van der Waals surface area (Å²) in [5.74, 6) is -0.826. The topological polar surface area (TPSA) is 80.0 Å². The van der Waals surface area contributed by atoms with Crippen LogP contribution in [0.25, 0.3) is 11.0 Å². The van der Waals surface area contributed by atoms with E-state index in [4.69, 9.17) is 9.15 Å². The molecular weight excluding hydrogens is 462 g/mol. The van der Waals surface area contributed by atoms with Gasteiger partial charge in [-0.15, -0.1) is 0 Å². The Balaban J connectivity index is 1.78. The van der Waals surface area contributed by atoms with Gasteiger partial charge in [0.05, 0.1) is 18.7 Å². The minimum Gasteiger partial charge on any atom is -0.503 e. The summed E-state index contributed by atoms with van der Waals surface area (Å²) < 4.78 is 11.8. The number of ether oxygens (including phenoxy) is 1. The highest BCUT2D eigenvalue weighted by molar-refractivity contribution is 9.10. The van der Waals surface area contributed by atoms with Gasteiger partial charge >= 0.3 is 0 Å². The monoisotopic (exact) mass is 483 g/mol. The molecule has 3 aromatic rings. The van der Waals surface area contributed by atoms with Gasteiger partial charge in [-0.05, 0) is 48.4 Å². The fraction of sp³-hybridized carbons (Fsp3) is 0.250. The lowest BCUT2D eigenvalue weighted by molar-refractivity contribution is -0.129. The number of Topliss-reactive ketones (excluding diaryl/α,β-unsaturated/α-hetero) is 1. The zero-order valence-electron chi connectivity index (χ0n) is 17.2. The summed E-state index contributed by atoms with van der Waals surface area (Å²) in [6.45, 7) is 2.45. The quantitative estimate of drug-likeness (QED) is 0.443. The second-order valence-corrected chi connectivity index (χ2v) is 8.33. The molecule has 0 bridgehead atoms. The maximum Gasteiger partial charge on any atom is 0.290 e. The number of methoxy groups -OCH3 is 1. The van der Waals surface area contributed by atoms with Crippen molar-refractivity contribution in [1.82, 2.24) is 4.90 Å². The number of fused-ring (bicyclic) bond motifs is 1. The van der Waals surface area contributed by atoms with Crippen LogP contribution in [0.5, 0.6) is 5.75 Å². The van der Waals surface area contributed by atoms with Crippen LogP contribution in [0, 0.1) is 0 Å². The Labute approximate surface area is 188 Å². The van der Waals surface area contributed by atoms with Crippen molar-refractivity contribution in [3.63, 3.8) is 0 Å². The number of carbonyl (C=O) groups is 2. The van der Waals surface area contributed by atoms with E-state index >= 15 is 0 Å². The Morgan fingerprint density at radius 3 is 2.61 bits per heavy atom. The summed E-state index contributed by atoms with van der Waals surface area (Å²) >= 11 is 3.41. The number of hydrogen-bond acceptors (Lipinski definition) is 5. The molecule has 31 heavy (non-hydrogen) atoms. The molecule has 0 saturated heterocycles. The number of ketones is 1. The summed E-state index contributed by atoms with van der Waals surface area (Å²) in [7, 11) is 1.57. The number of amides is 1. The molecule has 160 valence electrons. The first-order chi connectivity index (χ1) is 14.9. The Bertz CT molecular complexity index is 1180. The van der Waals surface area contributed by atoms with E-state index in [9.17, 15) is 14.7 Å². The van der Waals surface area contributed by atoms with Crippen molar-refractivity contribution in [2.45, 2.75) is 25.8 Å². The number of furan rings is 1. The third-order valence-corrected chi connectivity index (χ3v) is 5.93. The number of aliphatic hydroxyl groups excluding tert-OH is 1. The molecule has 2 aromatic carbocycles. The summed E-state index contributed by atoms with van der Waals surface area (Å²) in [6.07, 6.45) is 1.63. The third-order valence-electron chi connectivity index (χ3n) is 5.43. The molecule has 1 atom stereocenters. The van der Waals surface area contributed by atoms with Gasteiger partial charge in [-0.2, -0.15) is 0 Å². The molecule has 0 fully saturated rings. The molecule has 1 aromatic heterocycles. The molecule has 2 heterocycles. The molecule has 0 spiro atoms. The van der Waals surface area contributed by atoms with E-state index in [1.54, 1.807) is 48.4 Å². The average molecular weight is 484 g/mol. The van der Waals surface area contributed by atoms with Gasteiger partial charge in [-0.25, -0.2) is 0 Å². The predicted octanol–water partition coefficient (Wildman–Crippen LogP) is 5.58. The molecule has 0 saturated carbocycles. The Morgan fingerprint density at radius 2 is 1.94 bits per heavy atom. The standard InChI is InChI=1S/C24H22BrNO5/c1-3-4-11-26-21(14-5-8-17(30-2)9-6-14)20(23(28)24(26)29)22(27)19-13-15-12-16(25)7-10-18(15)31-19/h5-10,12-13,21,28H,3-4,11H2,1-2H3. The van der Waals surface area contributed by atoms with Crippen LogP contribution in [0.3, 0.4) is 0 Å². The van der Waals surface area contributed by atoms with Crippen LogP contribution in [0.4, 0.5) is 0 Å². The fourth-order valence-corrected chi connectivity index (χ4v) is 4.22. The van der Waals surface area contributed by atoms with Crippen LogP contribution in [0.1, 0.15) is 41.9 Å². The smallest absolute Gasteiger partial charge is 0.290 e. The van der Waals surface area contributed by atoms with Crippen molar-refractivity contribution in [1.29, 1.82) is 0 Å². The molecule has 1 unspecified atom stereocenters. The number of carbonyl (C=O) groups excluding carboxylic acids is 2. The molecule has 4 rings (SSSR count). The summed E-state index contributed by atoms with van der Waals surface area (Å²) in [5, 5.41) is 11.5. The first-order valence-electron chi connectivity index (χ1n) is 10.1. The predicted molar refractivity (Wildman–Crippen MR) is 120 cm³/mol. The van der Waals surface area contributed by atoms with Crippen LogP contribution < -0.4 is 4.74 Å². The van der Waals surface area contributed by atoms with Crippen molar-refractivity contribution in [2.75, 3.05) is 13.7 Å². The Morgan fingerprint density at radius 1 is 1.19 bits per heavy atom.